The van der Waals surface area contributed by atoms with Gasteiger partial charge in [-0.3, -0.25) is 9.59 Å². The number of anilines is 1. The number of benzene rings is 1. The smallest absolute Gasteiger partial charge is 0.251 e. The van der Waals surface area contributed by atoms with Crippen LogP contribution in [0.5, 0.6) is 0 Å². The van der Waals surface area contributed by atoms with Crippen molar-refractivity contribution >= 4 is 29.9 Å². The lowest BCUT2D eigenvalue weighted by molar-refractivity contribution is -0.117. The third-order valence-electron chi connectivity index (χ3n) is 3.91. The lowest BCUT2D eigenvalue weighted by Gasteiger charge is -2.09. The van der Waals surface area contributed by atoms with Gasteiger partial charge < -0.3 is 20.7 Å². The molecule has 0 aromatic heterocycles. The summed E-state index contributed by atoms with van der Waals surface area (Å²) >= 11 is 0. The third-order valence-corrected chi connectivity index (χ3v) is 3.91. The number of hydrogen-bond donors (Lipinski definition) is 3. The Labute approximate surface area is 149 Å². The number of rotatable bonds is 9. The summed E-state index contributed by atoms with van der Waals surface area (Å²) in [6.07, 6.45) is 0.947. The first-order valence-corrected chi connectivity index (χ1v) is 8.00. The maximum atomic E-state index is 12.1. The van der Waals surface area contributed by atoms with Crippen LogP contribution < -0.4 is 16.0 Å². The highest BCUT2D eigenvalue weighted by atomic mass is 35.5. The molecule has 1 saturated carbocycles. The van der Waals surface area contributed by atoms with Gasteiger partial charge in [-0.1, -0.05) is 13.0 Å². The van der Waals surface area contributed by atoms with Crippen molar-refractivity contribution in [1.82, 2.24) is 10.6 Å². The fourth-order valence-corrected chi connectivity index (χ4v) is 2.33. The summed E-state index contributed by atoms with van der Waals surface area (Å²) in [7, 11) is 1.65. The van der Waals surface area contributed by atoms with Gasteiger partial charge in [-0.05, 0) is 30.5 Å². The van der Waals surface area contributed by atoms with E-state index in [9.17, 15) is 9.59 Å². The van der Waals surface area contributed by atoms with Crippen LogP contribution in [0.4, 0.5) is 5.69 Å². The largest absolute Gasteiger partial charge is 0.383 e. The number of hydrogen-bond acceptors (Lipinski definition) is 4. The van der Waals surface area contributed by atoms with Crippen molar-refractivity contribution in [2.24, 2.45) is 11.8 Å². The minimum Gasteiger partial charge on any atom is -0.383 e. The molecule has 134 valence electrons. The zero-order chi connectivity index (χ0) is 16.7. The average molecular weight is 356 g/mol. The Morgan fingerprint density at radius 2 is 2.00 bits per heavy atom. The maximum absolute atomic E-state index is 12.1. The van der Waals surface area contributed by atoms with Gasteiger partial charge in [0.15, 0.2) is 0 Å². The number of halogens is 1. The van der Waals surface area contributed by atoms with Crippen LogP contribution in [0.15, 0.2) is 24.3 Å². The van der Waals surface area contributed by atoms with Crippen molar-refractivity contribution < 1.29 is 14.3 Å². The molecular formula is C17H26ClN3O3. The van der Waals surface area contributed by atoms with E-state index in [1.54, 1.807) is 31.4 Å². The normalized spacial score (nSPS) is 18.4. The highest BCUT2D eigenvalue weighted by molar-refractivity contribution is 5.98. The van der Waals surface area contributed by atoms with E-state index in [0.29, 0.717) is 36.9 Å². The lowest BCUT2D eigenvalue weighted by Crippen LogP contribution is -2.33. The van der Waals surface area contributed by atoms with Crippen LogP contribution in [0.2, 0.25) is 0 Å². The van der Waals surface area contributed by atoms with Crippen molar-refractivity contribution in [2.45, 2.75) is 13.3 Å². The Morgan fingerprint density at radius 1 is 1.25 bits per heavy atom. The Hall–Kier alpha value is -1.63. The summed E-state index contributed by atoms with van der Waals surface area (Å²) in [5, 5.41) is 8.88. The van der Waals surface area contributed by atoms with Gasteiger partial charge in [0.25, 0.3) is 5.91 Å². The van der Waals surface area contributed by atoms with Crippen molar-refractivity contribution in [3.8, 4) is 0 Å². The minimum atomic E-state index is -0.144. The van der Waals surface area contributed by atoms with E-state index in [1.165, 1.54) is 0 Å². The van der Waals surface area contributed by atoms with Crippen molar-refractivity contribution in [3.05, 3.63) is 29.8 Å². The van der Waals surface area contributed by atoms with Crippen molar-refractivity contribution in [2.75, 3.05) is 38.7 Å². The SMILES string of the molecule is COCCNCCNC(=O)c1cccc(NC(=O)C2CC2C)c1.Cl. The molecule has 0 bridgehead atoms. The van der Waals surface area contributed by atoms with E-state index in [0.717, 1.165) is 13.0 Å². The van der Waals surface area contributed by atoms with E-state index >= 15 is 0 Å². The van der Waals surface area contributed by atoms with Crippen LogP contribution in [0.1, 0.15) is 23.7 Å². The molecular weight excluding hydrogens is 330 g/mol. The highest BCUT2D eigenvalue weighted by Crippen LogP contribution is 2.38. The topological polar surface area (TPSA) is 79.5 Å². The molecule has 7 heteroatoms. The molecule has 0 heterocycles. The Bertz CT molecular complexity index is 554. The quantitative estimate of drug-likeness (QED) is 0.589. The predicted octanol–water partition coefficient (Wildman–Crippen LogP) is 1.67. The first kappa shape index (κ1) is 20.4. The molecule has 0 radical (unpaired) electrons. The summed E-state index contributed by atoms with van der Waals surface area (Å²) in [6.45, 7) is 4.70. The second-order valence-electron chi connectivity index (χ2n) is 5.89. The predicted molar refractivity (Wildman–Crippen MR) is 96.7 cm³/mol. The summed E-state index contributed by atoms with van der Waals surface area (Å²) in [5.74, 6) is 0.476. The molecule has 6 nitrogen and oxygen atoms in total. The van der Waals surface area contributed by atoms with Gasteiger partial charge in [-0.15, -0.1) is 12.4 Å². The standard InChI is InChI=1S/C17H25N3O3.ClH/c1-12-10-15(12)17(22)20-14-5-3-4-13(11-14)16(21)19-7-6-18-8-9-23-2;/h3-5,11-12,15,18H,6-10H2,1-2H3,(H,19,21)(H,20,22);1H. The number of carbonyl (C=O) groups excluding carboxylic acids is 2. The summed E-state index contributed by atoms with van der Waals surface area (Å²) < 4.78 is 4.93. The first-order chi connectivity index (χ1) is 11.1. The Balaban J connectivity index is 0.00000288. The van der Waals surface area contributed by atoms with E-state index in [4.69, 9.17) is 4.74 Å². The third kappa shape index (κ3) is 6.47. The summed E-state index contributed by atoms with van der Waals surface area (Å²) in [4.78, 5) is 24.0. The number of nitrogens with one attached hydrogen (secondary N) is 3. The van der Waals surface area contributed by atoms with E-state index < -0.39 is 0 Å². The van der Waals surface area contributed by atoms with Crippen LogP contribution in [0.3, 0.4) is 0 Å². The van der Waals surface area contributed by atoms with Gasteiger partial charge in [0.05, 0.1) is 6.61 Å². The molecule has 2 unspecified atom stereocenters. The fourth-order valence-electron chi connectivity index (χ4n) is 2.33. The molecule has 1 aliphatic carbocycles. The van der Waals surface area contributed by atoms with Crippen molar-refractivity contribution in [1.29, 1.82) is 0 Å². The average Bonchev–Trinajstić information content (AvgIpc) is 3.28. The molecule has 2 atom stereocenters. The van der Waals surface area contributed by atoms with Crippen LogP contribution in [-0.4, -0.2) is 45.2 Å². The molecule has 1 aromatic carbocycles. The van der Waals surface area contributed by atoms with Gasteiger partial charge in [0.1, 0.15) is 0 Å². The lowest BCUT2D eigenvalue weighted by atomic mass is 10.2. The highest BCUT2D eigenvalue weighted by Gasteiger charge is 2.39. The van der Waals surface area contributed by atoms with Gasteiger partial charge in [0.2, 0.25) is 5.91 Å². The van der Waals surface area contributed by atoms with E-state index in [-0.39, 0.29) is 30.1 Å². The van der Waals surface area contributed by atoms with E-state index in [2.05, 4.69) is 22.9 Å². The van der Waals surface area contributed by atoms with E-state index in [1.807, 2.05) is 0 Å². The second-order valence-corrected chi connectivity index (χ2v) is 5.89. The Morgan fingerprint density at radius 3 is 2.67 bits per heavy atom. The van der Waals surface area contributed by atoms with Crippen LogP contribution >= 0.6 is 12.4 Å². The summed E-state index contributed by atoms with van der Waals surface area (Å²) in [6, 6.07) is 7.02. The number of carbonyl (C=O) groups is 2. The molecule has 0 aliphatic heterocycles. The fraction of sp³-hybridized carbons (Fsp3) is 0.529. The number of amides is 2. The molecule has 3 N–H and O–H groups in total. The first-order valence-electron chi connectivity index (χ1n) is 8.00. The molecule has 0 saturated heterocycles. The van der Waals surface area contributed by atoms with Crippen LogP contribution in [-0.2, 0) is 9.53 Å². The van der Waals surface area contributed by atoms with Gasteiger partial charge in [-0.25, -0.2) is 0 Å². The molecule has 1 aromatic rings. The zero-order valence-corrected chi connectivity index (χ0v) is 14.9. The molecule has 0 spiro atoms. The monoisotopic (exact) mass is 355 g/mol. The van der Waals surface area contributed by atoms with Crippen LogP contribution in [0, 0.1) is 11.8 Å². The molecule has 2 rings (SSSR count). The van der Waals surface area contributed by atoms with Gasteiger partial charge in [0, 0.05) is 43.9 Å². The minimum absolute atomic E-state index is 0. The molecule has 1 fully saturated rings. The molecule has 2 amide bonds. The van der Waals surface area contributed by atoms with Gasteiger partial charge in [-0.2, -0.15) is 0 Å². The van der Waals surface area contributed by atoms with Gasteiger partial charge >= 0.3 is 0 Å². The van der Waals surface area contributed by atoms with Crippen molar-refractivity contribution in [3.63, 3.8) is 0 Å². The Kier molecular flexibility index (Phi) is 8.74. The number of ether oxygens (including phenoxy) is 1. The number of methoxy groups -OCH3 is 1. The maximum Gasteiger partial charge on any atom is 0.251 e. The molecule has 24 heavy (non-hydrogen) atoms. The summed E-state index contributed by atoms with van der Waals surface area (Å²) in [5.41, 5.74) is 1.21. The second kappa shape index (κ2) is 10.3. The van der Waals surface area contributed by atoms with Crippen LogP contribution in [0.25, 0.3) is 0 Å². The molecule has 1 aliphatic rings. The zero-order valence-electron chi connectivity index (χ0n) is 14.1.